The van der Waals surface area contributed by atoms with Gasteiger partial charge in [0.05, 0.1) is 17.6 Å². The molecule has 1 fully saturated rings. The molecule has 0 radical (unpaired) electrons. The Morgan fingerprint density at radius 1 is 1.08 bits per heavy atom. The lowest BCUT2D eigenvalue weighted by atomic mass is 9.92. The van der Waals surface area contributed by atoms with E-state index in [9.17, 15) is 48.2 Å². The molecule has 3 rings (SSSR count). The van der Waals surface area contributed by atoms with Crippen molar-refractivity contribution in [2.45, 2.75) is 130 Å². The molecular formula is C42H65N6O12PS2. The Morgan fingerprint density at radius 3 is 2.37 bits per heavy atom. The number of nitrogens with zero attached hydrogens (tertiary/aromatic N) is 3. The predicted octanol–water partition coefficient (Wildman–Crippen LogP) is 5.21. The number of thiazole rings is 1. The van der Waals surface area contributed by atoms with Crippen LogP contribution >= 0.6 is 31.8 Å². The number of likely N-dealkylation sites (tertiary alicyclic amines) is 1. The number of nitrogens with one attached hydrogen (secondary N) is 3. The normalized spacial score (nSPS) is 17.4. The number of benzene rings is 1. The Balaban J connectivity index is 1.88. The van der Waals surface area contributed by atoms with Crippen LogP contribution in [-0.4, -0.2) is 116 Å². The summed E-state index contributed by atoms with van der Waals surface area (Å²) in [4.78, 5) is 106. The molecule has 1 aromatic carbocycles. The minimum absolute atomic E-state index is 0.0234. The molecule has 2 aromatic rings. The summed E-state index contributed by atoms with van der Waals surface area (Å²) in [5.41, 5.74) is 0.418. The Morgan fingerprint density at radius 2 is 1.78 bits per heavy atom. The van der Waals surface area contributed by atoms with Crippen molar-refractivity contribution in [2.24, 2.45) is 17.8 Å². The first-order valence-corrected chi connectivity index (χ1v) is 24.3. The molecular weight excluding hydrogens is 876 g/mol. The van der Waals surface area contributed by atoms with Crippen LogP contribution in [0.1, 0.15) is 120 Å². The molecule has 0 aliphatic carbocycles. The number of hydrogen-bond acceptors (Lipinski definition) is 13. The summed E-state index contributed by atoms with van der Waals surface area (Å²) in [6, 6.07) is 1.77. The van der Waals surface area contributed by atoms with Gasteiger partial charge in [-0.25, -0.2) is 9.55 Å². The number of aliphatic carboxylic acids is 1. The van der Waals surface area contributed by atoms with Crippen molar-refractivity contribution < 1.29 is 57.5 Å². The van der Waals surface area contributed by atoms with Gasteiger partial charge in [0.2, 0.25) is 17.7 Å². The van der Waals surface area contributed by atoms with E-state index in [2.05, 4.69) is 33.6 Å². The molecule has 2 unspecified atom stereocenters. The summed E-state index contributed by atoms with van der Waals surface area (Å²) in [6.07, 6.45) is 3.00. The van der Waals surface area contributed by atoms with E-state index in [4.69, 9.17) is 9.26 Å². The fourth-order valence-electron chi connectivity index (χ4n) is 7.48. The van der Waals surface area contributed by atoms with Crippen molar-refractivity contribution in [1.29, 1.82) is 0 Å². The molecule has 21 heteroatoms. The largest absolute Gasteiger partial charge is 0.524 e. The van der Waals surface area contributed by atoms with Crippen LogP contribution < -0.4 is 20.5 Å². The van der Waals surface area contributed by atoms with Crippen LogP contribution in [0.3, 0.4) is 0 Å². The SMILES string of the molecule is CC[C@H](C)[C@H](NC(=O)C1CCCCN1C)C(=O)N(C)[C@H](C[C@@H](OC(C)=O)c1nc(C(=O)N[C@@H](Cc2ccc(OP(=O)(O)O)c(NC(=O)CCCS)c2)CC(C)C(=O)O)cs1)C(C)C. The number of piperidine rings is 1. The highest BCUT2D eigenvalue weighted by atomic mass is 32.1. The number of likely N-dealkylation sites (N-methyl/N-ethyl adjacent to an activating group) is 2. The van der Waals surface area contributed by atoms with Crippen LogP contribution in [0, 0.1) is 17.8 Å². The minimum Gasteiger partial charge on any atom is -0.481 e. The second-order valence-electron chi connectivity index (χ2n) is 16.7. The van der Waals surface area contributed by atoms with E-state index in [1.165, 1.54) is 37.4 Å². The Bertz CT molecular complexity index is 1950. The van der Waals surface area contributed by atoms with Crippen LogP contribution in [0.4, 0.5) is 5.69 Å². The summed E-state index contributed by atoms with van der Waals surface area (Å²) in [5, 5.41) is 20.0. The van der Waals surface area contributed by atoms with Gasteiger partial charge in [-0.15, -0.1) is 11.3 Å². The van der Waals surface area contributed by atoms with E-state index >= 15 is 0 Å². The number of hydrogen-bond donors (Lipinski definition) is 7. The quantitative estimate of drug-likeness (QED) is 0.0406. The van der Waals surface area contributed by atoms with Gasteiger partial charge in [-0.1, -0.05) is 53.5 Å². The molecule has 18 nitrogen and oxygen atoms in total. The molecule has 1 aliphatic heterocycles. The van der Waals surface area contributed by atoms with Gasteiger partial charge in [0, 0.05) is 44.3 Å². The number of amides is 4. The van der Waals surface area contributed by atoms with Crippen molar-refractivity contribution >= 4 is 73.0 Å². The number of carbonyl (C=O) groups excluding carboxylic acids is 5. The number of carbonyl (C=O) groups is 6. The topological polar surface area (TPSA) is 254 Å². The number of esters is 1. The fourth-order valence-corrected chi connectivity index (χ4v) is 8.90. The first-order valence-electron chi connectivity index (χ1n) is 21.3. The maximum Gasteiger partial charge on any atom is 0.524 e. The van der Waals surface area contributed by atoms with Gasteiger partial charge in [-0.3, -0.25) is 43.5 Å². The second-order valence-corrected chi connectivity index (χ2v) is 19.2. The smallest absolute Gasteiger partial charge is 0.481 e. The first-order chi connectivity index (χ1) is 29.5. The zero-order valence-electron chi connectivity index (χ0n) is 37.4. The first kappa shape index (κ1) is 53.3. The molecule has 0 saturated carbocycles. The molecule has 4 amide bonds. The lowest BCUT2D eigenvalue weighted by Gasteiger charge is -2.38. The third-order valence-electron chi connectivity index (χ3n) is 11.2. The van der Waals surface area contributed by atoms with Crippen molar-refractivity contribution in [3.63, 3.8) is 0 Å². The van der Waals surface area contributed by atoms with Crippen molar-refractivity contribution in [1.82, 2.24) is 25.4 Å². The van der Waals surface area contributed by atoms with E-state index in [1.54, 1.807) is 11.9 Å². The maximum absolute atomic E-state index is 14.3. The van der Waals surface area contributed by atoms with Crippen molar-refractivity contribution in [3.05, 3.63) is 39.8 Å². The number of aromatic nitrogens is 1. The number of phosphoric ester groups is 1. The van der Waals surface area contributed by atoms with E-state index in [0.717, 1.165) is 30.7 Å². The average Bonchev–Trinajstić information content (AvgIpc) is 3.71. The Labute approximate surface area is 379 Å². The van der Waals surface area contributed by atoms with Crippen LogP contribution in [0.2, 0.25) is 0 Å². The summed E-state index contributed by atoms with van der Waals surface area (Å²) in [6.45, 7) is 11.3. The summed E-state index contributed by atoms with van der Waals surface area (Å²) in [5.74, 6) is -4.32. The Kier molecular flexibility index (Phi) is 21.0. The number of phosphoric acid groups is 1. The summed E-state index contributed by atoms with van der Waals surface area (Å²) >= 11 is 5.19. The second kappa shape index (κ2) is 24.8. The summed E-state index contributed by atoms with van der Waals surface area (Å²) < 4.78 is 22.3. The van der Waals surface area contributed by atoms with Gasteiger partial charge < -0.3 is 35.2 Å². The van der Waals surface area contributed by atoms with Gasteiger partial charge in [-0.2, -0.15) is 12.6 Å². The number of carboxylic acid groups (broad SMARTS) is 1. The van der Waals surface area contributed by atoms with Gasteiger partial charge in [0.25, 0.3) is 5.91 Å². The average molecular weight is 941 g/mol. The number of ether oxygens (including phenoxy) is 1. The van der Waals surface area contributed by atoms with Crippen molar-refractivity contribution in [3.8, 4) is 5.75 Å². The molecule has 2 heterocycles. The number of rotatable bonds is 24. The number of thiol groups is 1. The van der Waals surface area contributed by atoms with Gasteiger partial charge >= 0.3 is 19.8 Å². The van der Waals surface area contributed by atoms with E-state index in [1.807, 2.05) is 39.6 Å². The lowest BCUT2D eigenvalue weighted by molar-refractivity contribution is -0.149. The molecule has 63 heavy (non-hydrogen) atoms. The molecule has 6 N–H and O–H groups in total. The summed E-state index contributed by atoms with van der Waals surface area (Å²) in [7, 11) is -1.43. The fraction of sp³-hybridized carbons (Fsp3) is 0.643. The molecule has 352 valence electrons. The lowest BCUT2D eigenvalue weighted by Crippen LogP contribution is -2.58. The van der Waals surface area contributed by atoms with E-state index < -0.39 is 61.7 Å². The zero-order chi connectivity index (χ0) is 47.2. The highest BCUT2D eigenvalue weighted by molar-refractivity contribution is 7.80. The van der Waals surface area contributed by atoms with Crippen LogP contribution in [0.5, 0.6) is 5.75 Å². The van der Waals surface area contributed by atoms with E-state index in [-0.39, 0.29) is 72.5 Å². The number of anilines is 1. The molecule has 1 aromatic heterocycles. The molecule has 7 atom stereocenters. The molecule has 1 saturated heterocycles. The minimum atomic E-state index is -5.01. The Hall–Kier alpha value is -4.07. The van der Waals surface area contributed by atoms with Gasteiger partial charge in [-0.05, 0) is 81.0 Å². The molecule has 1 aliphatic rings. The third kappa shape index (κ3) is 16.8. The number of carboxylic acids is 1. The third-order valence-corrected chi connectivity index (χ3v) is 12.9. The highest BCUT2D eigenvalue weighted by Crippen LogP contribution is 2.41. The molecule has 0 spiro atoms. The zero-order valence-corrected chi connectivity index (χ0v) is 40.0. The standard InChI is InChI=1S/C42H65N6O12PS2/c1-9-25(4)37(46-39(52)32-13-10-11-17-47(32)7)41(53)48(8)33(24(2)3)22-35(59-27(6)49)40-45-31(23-63-40)38(51)43-29(19-26(5)42(54)55)20-28-15-16-34(60-61(56,57)58)30(21-28)44-36(50)14-12-18-62/h15-16,21,23-26,29,32-33,35,37,62H,9-14,17-20,22H2,1-8H3,(H,43,51)(H,44,50)(H,46,52)(H,54,55)(H2,56,57,58)/t25-,26?,29+,32?,33+,35+,37-/m0/s1. The van der Waals surface area contributed by atoms with Crippen molar-refractivity contribution in [2.75, 3.05) is 31.7 Å². The van der Waals surface area contributed by atoms with Crippen LogP contribution in [0.25, 0.3) is 0 Å². The monoisotopic (exact) mass is 940 g/mol. The maximum atomic E-state index is 14.3. The van der Waals surface area contributed by atoms with Gasteiger partial charge in [0.15, 0.2) is 11.9 Å². The van der Waals surface area contributed by atoms with Crippen LogP contribution in [-0.2, 0) is 39.7 Å². The molecule has 0 bridgehead atoms. The van der Waals surface area contributed by atoms with E-state index in [0.29, 0.717) is 35.6 Å². The highest BCUT2D eigenvalue weighted by Gasteiger charge is 2.37. The predicted molar refractivity (Wildman–Crippen MR) is 241 cm³/mol. The van der Waals surface area contributed by atoms with Gasteiger partial charge in [0.1, 0.15) is 16.7 Å². The van der Waals surface area contributed by atoms with Crippen LogP contribution in [0.15, 0.2) is 23.6 Å².